The van der Waals surface area contributed by atoms with E-state index in [4.69, 9.17) is 28.2 Å². The SMILES string of the molecule is C[C@@H]1[C@@H](/N=C(/Nc2ccc3c(=O)n(CCc4ccc(Cl)cc4Cl)c(=O)[nH]c3c2)N2C[C@@H](C)N[C@@H](C)C2)C[C@H]2C[C@@H]1C2(C)C. The lowest BCUT2D eigenvalue weighted by Crippen LogP contribution is -2.59. The number of nitrogens with zero attached hydrogens (tertiary/aromatic N) is 3. The smallest absolute Gasteiger partial charge is 0.328 e. The first-order valence-corrected chi connectivity index (χ1v) is 16.2. The number of aromatic nitrogens is 2. The first-order chi connectivity index (χ1) is 20.4. The first kappa shape index (κ1) is 30.2. The number of benzene rings is 2. The Morgan fingerprint density at radius 1 is 1.05 bits per heavy atom. The summed E-state index contributed by atoms with van der Waals surface area (Å²) in [5, 5.41) is 8.74. The van der Waals surface area contributed by atoms with Crippen LogP contribution in [-0.4, -0.2) is 51.6 Å². The van der Waals surface area contributed by atoms with E-state index in [1.165, 1.54) is 11.0 Å². The van der Waals surface area contributed by atoms with Crippen molar-refractivity contribution in [3.8, 4) is 0 Å². The fourth-order valence-electron chi connectivity index (χ4n) is 7.76. The lowest BCUT2D eigenvalue weighted by Gasteiger charge is -2.61. The maximum atomic E-state index is 13.4. The highest BCUT2D eigenvalue weighted by Gasteiger charge is 2.56. The van der Waals surface area contributed by atoms with Gasteiger partial charge in [0.1, 0.15) is 0 Å². The summed E-state index contributed by atoms with van der Waals surface area (Å²) in [6, 6.07) is 11.7. The average molecular weight is 626 g/mol. The van der Waals surface area contributed by atoms with Gasteiger partial charge in [0.25, 0.3) is 5.56 Å². The number of hydrogen-bond acceptors (Lipinski definition) is 4. The molecule has 3 aromatic rings. The molecule has 2 bridgehead atoms. The second kappa shape index (κ2) is 11.6. The van der Waals surface area contributed by atoms with Crippen LogP contribution in [0.5, 0.6) is 0 Å². The molecular formula is C33H42Cl2N6O2. The van der Waals surface area contributed by atoms with Gasteiger partial charge in [-0.15, -0.1) is 0 Å². The number of rotatable bonds is 5. The van der Waals surface area contributed by atoms with Crippen LogP contribution >= 0.6 is 23.2 Å². The Morgan fingerprint density at radius 3 is 2.47 bits per heavy atom. The first-order valence-electron chi connectivity index (χ1n) is 15.5. The largest absolute Gasteiger partial charge is 0.340 e. The third-order valence-corrected chi connectivity index (χ3v) is 10.9. The van der Waals surface area contributed by atoms with Crippen molar-refractivity contribution in [2.45, 2.75) is 78.6 Å². The highest BCUT2D eigenvalue weighted by atomic mass is 35.5. The molecule has 0 unspecified atom stereocenters. The number of piperazine rings is 1. The van der Waals surface area contributed by atoms with Gasteiger partial charge < -0.3 is 20.5 Å². The van der Waals surface area contributed by atoms with Crippen LogP contribution in [0.1, 0.15) is 53.0 Å². The van der Waals surface area contributed by atoms with E-state index in [0.717, 1.165) is 36.7 Å². The molecule has 0 amide bonds. The van der Waals surface area contributed by atoms with Crippen molar-refractivity contribution in [2.75, 3.05) is 18.4 Å². The van der Waals surface area contributed by atoms with Crippen LogP contribution in [0.25, 0.3) is 10.9 Å². The summed E-state index contributed by atoms with van der Waals surface area (Å²) in [4.78, 5) is 37.1. The third kappa shape index (κ3) is 5.86. The fourth-order valence-corrected chi connectivity index (χ4v) is 8.27. The predicted molar refractivity (Wildman–Crippen MR) is 177 cm³/mol. The van der Waals surface area contributed by atoms with Crippen LogP contribution in [0.4, 0.5) is 5.69 Å². The number of aliphatic imine (C=N–C) groups is 1. The van der Waals surface area contributed by atoms with Crippen molar-refractivity contribution in [3.05, 3.63) is 72.8 Å². The Balaban J connectivity index is 1.28. The molecule has 1 aromatic heterocycles. The van der Waals surface area contributed by atoms with Gasteiger partial charge in [-0.3, -0.25) is 9.36 Å². The zero-order valence-electron chi connectivity index (χ0n) is 25.6. The quantitative estimate of drug-likeness (QED) is 0.248. The van der Waals surface area contributed by atoms with Gasteiger partial charge in [0.15, 0.2) is 5.96 Å². The molecule has 0 spiro atoms. The van der Waals surface area contributed by atoms with Gasteiger partial charge in [0.05, 0.1) is 16.9 Å². The number of aromatic amines is 1. The molecule has 7 rings (SSSR count). The maximum absolute atomic E-state index is 13.4. The Kier molecular flexibility index (Phi) is 8.16. The fraction of sp³-hybridized carbons (Fsp3) is 0.545. The molecule has 10 heteroatoms. The highest BCUT2D eigenvalue weighted by Crippen LogP contribution is 2.61. The molecule has 2 aromatic carbocycles. The van der Waals surface area contributed by atoms with E-state index in [2.05, 4.69) is 55.1 Å². The highest BCUT2D eigenvalue weighted by molar-refractivity contribution is 6.35. The standard InChI is InChI=1S/C33H42Cl2N6O2/c1-18-16-40(17-19(2)36-18)31(38-28-13-22-12-26(20(28)3)33(22,4)5)37-24-8-9-25-29(15-24)39-32(43)41(30(25)42)11-10-21-6-7-23(34)14-27(21)35/h6-9,14-15,18-20,22,26,28,36H,10-13,16-17H2,1-5H3,(H,37,38)(H,39,43)/t18-,19+,20-,22+,26-,28-/m0/s1. The van der Waals surface area contributed by atoms with E-state index in [0.29, 0.717) is 62.6 Å². The van der Waals surface area contributed by atoms with Crippen molar-refractivity contribution in [1.29, 1.82) is 0 Å². The number of halogens is 2. The van der Waals surface area contributed by atoms with Crippen LogP contribution in [0.2, 0.25) is 10.0 Å². The molecule has 6 atom stereocenters. The van der Waals surface area contributed by atoms with E-state index >= 15 is 0 Å². The predicted octanol–water partition coefficient (Wildman–Crippen LogP) is 5.76. The zero-order valence-corrected chi connectivity index (χ0v) is 27.1. The number of H-pyrrole nitrogens is 1. The summed E-state index contributed by atoms with van der Waals surface area (Å²) in [5.74, 6) is 2.80. The zero-order chi connectivity index (χ0) is 30.6. The molecule has 4 fully saturated rings. The van der Waals surface area contributed by atoms with Crippen molar-refractivity contribution in [3.63, 3.8) is 0 Å². The van der Waals surface area contributed by atoms with E-state index in [-0.39, 0.29) is 18.1 Å². The Morgan fingerprint density at radius 2 is 1.79 bits per heavy atom. The summed E-state index contributed by atoms with van der Waals surface area (Å²) in [5.41, 5.74) is 1.74. The Bertz CT molecular complexity index is 1670. The van der Waals surface area contributed by atoms with Crippen molar-refractivity contribution in [1.82, 2.24) is 19.8 Å². The molecule has 3 N–H and O–H groups in total. The van der Waals surface area contributed by atoms with Gasteiger partial charge >= 0.3 is 5.69 Å². The molecule has 3 saturated carbocycles. The summed E-state index contributed by atoms with van der Waals surface area (Å²) in [7, 11) is 0. The molecule has 2 heterocycles. The minimum Gasteiger partial charge on any atom is -0.340 e. The van der Waals surface area contributed by atoms with Gasteiger partial charge in [-0.2, -0.15) is 0 Å². The average Bonchev–Trinajstić information content (AvgIpc) is 2.93. The van der Waals surface area contributed by atoms with Crippen molar-refractivity contribution >= 4 is 45.8 Å². The molecule has 1 aliphatic heterocycles. The Hall–Kier alpha value is -2.81. The van der Waals surface area contributed by atoms with E-state index < -0.39 is 5.69 Å². The summed E-state index contributed by atoms with van der Waals surface area (Å²) in [6.07, 6.45) is 2.86. The normalized spacial score (nSPS) is 28.5. The van der Waals surface area contributed by atoms with Gasteiger partial charge in [0, 0.05) is 47.5 Å². The van der Waals surface area contributed by atoms with Crippen LogP contribution in [-0.2, 0) is 13.0 Å². The van der Waals surface area contributed by atoms with Crippen LogP contribution in [0, 0.1) is 23.2 Å². The minimum atomic E-state index is -0.448. The number of anilines is 1. The number of hydrogen-bond donors (Lipinski definition) is 3. The summed E-state index contributed by atoms with van der Waals surface area (Å²) >= 11 is 12.3. The summed E-state index contributed by atoms with van der Waals surface area (Å²) < 4.78 is 1.23. The van der Waals surface area contributed by atoms with Crippen molar-refractivity contribution in [2.24, 2.45) is 28.2 Å². The second-order valence-electron chi connectivity index (χ2n) is 13.6. The monoisotopic (exact) mass is 624 g/mol. The number of aryl methyl sites for hydroxylation is 1. The van der Waals surface area contributed by atoms with Gasteiger partial charge in [0.2, 0.25) is 0 Å². The Labute approximate surface area is 262 Å². The van der Waals surface area contributed by atoms with Crippen LogP contribution in [0.3, 0.4) is 0 Å². The molecular weight excluding hydrogens is 583 g/mol. The van der Waals surface area contributed by atoms with Crippen LogP contribution < -0.4 is 21.9 Å². The van der Waals surface area contributed by atoms with Crippen LogP contribution in [0.15, 0.2) is 51.0 Å². The molecule has 230 valence electrons. The molecule has 8 nitrogen and oxygen atoms in total. The van der Waals surface area contributed by atoms with E-state index in [9.17, 15) is 9.59 Å². The topological polar surface area (TPSA) is 94.5 Å². The lowest BCUT2D eigenvalue weighted by atomic mass is 9.45. The third-order valence-electron chi connectivity index (χ3n) is 10.3. The molecule has 1 saturated heterocycles. The maximum Gasteiger partial charge on any atom is 0.328 e. The second-order valence-corrected chi connectivity index (χ2v) is 14.5. The van der Waals surface area contributed by atoms with E-state index in [1.807, 2.05) is 18.2 Å². The molecule has 43 heavy (non-hydrogen) atoms. The number of fused-ring (bicyclic) bond motifs is 3. The number of nitrogens with one attached hydrogen (secondary N) is 3. The number of guanidine groups is 1. The molecule has 3 aliphatic carbocycles. The van der Waals surface area contributed by atoms with Gasteiger partial charge in [-0.05, 0) is 92.2 Å². The summed E-state index contributed by atoms with van der Waals surface area (Å²) in [6.45, 7) is 13.5. The van der Waals surface area contributed by atoms with Gasteiger partial charge in [-0.1, -0.05) is 50.0 Å². The van der Waals surface area contributed by atoms with E-state index in [1.54, 1.807) is 18.2 Å². The van der Waals surface area contributed by atoms with Crippen molar-refractivity contribution < 1.29 is 0 Å². The molecule has 4 aliphatic rings. The lowest BCUT2D eigenvalue weighted by molar-refractivity contribution is -0.108. The van der Waals surface area contributed by atoms with Gasteiger partial charge in [-0.25, -0.2) is 9.79 Å². The minimum absolute atomic E-state index is 0.208. The molecule has 0 radical (unpaired) electrons.